The van der Waals surface area contributed by atoms with Gasteiger partial charge in [0, 0.05) is 13.8 Å². The van der Waals surface area contributed by atoms with Gasteiger partial charge in [0.1, 0.15) is 0 Å². The number of carbonyl (C=O) groups excluding carboxylic acids is 3. The fourth-order valence-corrected chi connectivity index (χ4v) is 0.350. The number of esters is 3. The predicted molar refractivity (Wildman–Crippen MR) is 34.5 cm³/mol. The van der Waals surface area contributed by atoms with Gasteiger partial charge in [-0.05, 0) is 0 Å². The first-order valence-corrected chi connectivity index (χ1v) is 2.87. The van der Waals surface area contributed by atoms with Crippen molar-refractivity contribution in [2.75, 3.05) is 6.61 Å². The number of carbonyl (C=O) groups is 3. The van der Waals surface area contributed by atoms with Gasteiger partial charge in [0.25, 0.3) is 0 Å². The van der Waals surface area contributed by atoms with Gasteiger partial charge in [-0.3, -0.25) is 9.59 Å². The molecule has 0 aliphatic heterocycles. The van der Waals surface area contributed by atoms with E-state index in [9.17, 15) is 14.4 Å². The van der Waals surface area contributed by atoms with E-state index >= 15 is 0 Å². The maximum absolute atomic E-state index is 10.4. The molecule has 5 nitrogen and oxygen atoms in total. The number of ether oxygens (including phenoxy) is 2. The molecule has 0 unspecified atom stereocenters. The maximum atomic E-state index is 10.4. The van der Waals surface area contributed by atoms with Crippen LogP contribution in [0.5, 0.6) is 0 Å². The molecule has 0 aromatic rings. The molecule has 64 valence electrons. The van der Waals surface area contributed by atoms with Gasteiger partial charge in [-0.15, -0.1) is 0 Å². The first-order valence-electron chi connectivity index (χ1n) is 2.87. The van der Waals surface area contributed by atoms with E-state index in [2.05, 4.69) is 9.47 Å². The van der Waals surface area contributed by atoms with Crippen LogP contribution in [0.3, 0.4) is 0 Å². The van der Waals surface area contributed by atoms with Crippen LogP contribution in [0.4, 0.5) is 0 Å². The molecule has 0 aliphatic rings. The summed E-state index contributed by atoms with van der Waals surface area (Å²) in [5, 5.41) is 0. The van der Waals surface area contributed by atoms with Crippen LogP contribution in [0.25, 0.3) is 0 Å². The topological polar surface area (TPSA) is 69.7 Å². The second-order valence-corrected chi connectivity index (χ2v) is 1.75. The van der Waals surface area contributed by atoms with Gasteiger partial charge >= 0.3 is 47.5 Å². The van der Waals surface area contributed by atoms with Crippen LogP contribution < -0.4 is 29.6 Å². The summed E-state index contributed by atoms with van der Waals surface area (Å²) in [6, 6.07) is 0. The fourth-order valence-electron chi connectivity index (χ4n) is 0.350. The molecule has 0 N–H and O–H groups in total. The van der Waals surface area contributed by atoms with Crippen molar-refractivity contribution in [2.45, 2.75) is 13.8 Å². The minimum absolute atomic E-state index is 0. The van der Waals surface area contributed by atoms with Crippen LogP contribution in [-0.4, -0.2) is 24.5 Å². The monoisotopic (exact) mass is 184 g/mol. The zero-order chi connectivity index (χ0) is 8.85. The number of rotatable bonds is 2. The third-order valence-corrected chi connectivity index (χ3v) is 0.651. The van der Waals surface area contributed by atoms with Crippen molar-refractivity contribution in [1.29, 1.82) is 0 Å². The molecule has 0 heterocycles. The fraction of sp³-hybridized carbons (Fsp3) is 0.500. The van der Waals surface area contributed by atoms with E-state index in [1.165, 1.54) is 0 Å². The van der Waals surface area contributed by atoms with Crippen LogP contribution in [-0.2, 0) is 23.9 Å². The van der Waals surface area contributed by atoms with E-state index in [1.54, 1.807) is 0 Å². The zero-order valence-corrected chi connectivity index (χ0v) is 9.25. The normalized spacial score (nSPS) is 7.83. The van der Waals surface area contributed by atoms with Gasteiger partial charge in [0.15, 0.2) is 6.61 Å². The standard InChI is InChI=1S/C6H8O5.Na.H/c1-4(7)10-3-6(9)11-5(2)8;;/h3H2,1-2H3;;/q;+1;-1. The number of hydrogen-bond donors (Lipinski definition) is 0. The van der Waals surface area contributed by atoms with Gasteiger partial charge in [-0.1, -0.05) is 0 Å². The minimum Gasteiger partial charge on any atom is -1.00 e. The van der Waals surface area contributed by atoms with Crippen molar-refractivity contribution in [3.8, 4) is 0 Å². The molecule has 0 rings (SSSR count). The zero-order valence-electron chi connectivity index (χ0n) is 8.25. The Morgan fingerprint density at radius 2 is 1.67 bits per heavy atom. The van der Waals surface area contributed by atoms with Crippen LogP contribution in [0.15, 0.2) is 0 Å². The molecule has 0 amide bonds. The maximum Gasteiger partial charge on any atom is 1.00 e. The van der Waals surface area contributed by atoms with Crippen molar-refractivity contribution in [3.05, 3.63) is 0 Å². The molecule has 0 aromatic heterocycles. The second-order valence-electron chi connectivity index (χ2n) is 1.75. The van der Waals surface area contributed by atoms with Crippen molar-refractivity contribution in [1.82, 2.24) is 0 Å². The van der Waals surface area contributed by atoms with Crippen LogP contribution in [0, 0.1) is 0 Å². The molecule has 6 heteroatoms. The Hall–Kier alpha value is -0.390. The van der Waals surface area contributed by atoms with E-state index in [0.29, 0.717) is 0 Å². The molecular formula is C6H9NaO5. The van der Waals surface area contributed by atoms with E-state index in [1.807, 2.05) is 0 Å². The Balaban J connectivity index is -0.000000500. The van der Waals surface area contributed by atoms with Gasteiger partial charge in [0.05, 0.1) is 0 Å². The Morgan fingerprint density at radius 1 is 1.17 bits per heavy atom. The van der Waals surface area contributed by atoms with E-state index in [-0.39, 0.29) is 31.0 Å². The molecule has 0 saturated heterocycles. The summed E-state index contributed by atoms with van der Waals surface area (Å²) in [4.78, 5) is 30.7. The summed E-state index contributed by atoms with van der Waals surface area (Å²) in [6.07, 6.45) is 0. The molecular weight excluding hydrogens is 175 g/mol. The average molecular weight is 184 g/mol. The Morgan fingerprint density at radius 3 is 2.00 bits per heavy atom. The molecule has 0 fully saturated rings. The molecule has 12 heavy (non-hydrogen) atoms. The first-order chi connectivity index (χ1) is 5.02. The summed E-state index contributed by atoms with van der Waals surface area (Å²) in [5.41, 5.74) is 0. The van der Waals surface area contributed by atoms with Crippen LogP contribution >= 0.6 is 0 Å². The minimum atomic E-state index is -0.868. The molecule has 0 aromatic carbocycles. The third-order valence-electron chi connectivity index (χ3n) is 0.651. The smallest absolute Gasteiger partial charge is 1.00 e. The quantitative estimate of drug-likeness (QED) is 0.256. The Labute approximate surface area is 93.2 Å². The van der Waals surface area contributed by atoms with Crippen molar-refractivity contribution >= 4 is 17.9 Å². The first kappa shape index (κ1) is 14.2. The van der Waals surface area contributed by atoms with E-state index in [0.717, 1.165) is 13.8 Å². The largest absolute Gasteiger partial charge is 1.00 e. The van der Waals surface area contributed by atoms with E-state index < -0.39 is 24.5 Å². The van der Waals surface area contributed by atoms with E-state index in [4.69, 9.17) is 0 Å². The van der Waals surface area contributed by atoms with Gasteiger partial charge in [0.2, 0.25) is 0 Å². The molecule has 0 bridgehead atoms. The summed E-state index contributed by atoms with van der Waals surface area (Å²) < 4.78 is 8.28. The molecule has 0 spiro atoms. The molecule has 0 saturated carbocycles. The summed E-state index contributed by atoms with van der Waals surface area (Å²) in [5.74, 6) is -2.18. The van der Waals surface area contributed by atoms with Gasteiger partial charge in [-0.25, -0.2) is 4.79 Å². The second kappa shape index (κ2) is 7.27. The average Bonchev–Trinajstić information content (AvgIpc) is 1.82. The third kappa shape index (κ3) is 9.61. The van der Waals surface area contributed by atoms with Crippen molar-refractivity contribution in [3.63, 3.8) is 0 Å². The Bertz CT molecular complexity index is 193. The summed E-state index contributed by atoms with van der Waals surface area (Å²) in [7, 11) is 0. The predicted octanol–water partition coefficient (Wildman–Crippen LogP) is -3.24. The Kier molecular flexibility index (Phi) is 8.57. The van der Waals surface area contributed by atoms with Gasteiger partial charge in [-0.2, -0.15) is 0 Å². The van der Waals surface area contributed by atoms with Crippen LogP contribution in [0.2, 0.25) is 0 Å². The SMILES string of the molecule is CC(=O)OCC(=O)OC(C)=O.[H-].[Na+]. The van der Waals surface area contributed by atoms with Crippen molar-refractivity contribution < 1.29 is 54.8 Å². The summed E-state index contributed by atoms with van der Waals surface area (Å²) in [6.45, 7) is 1.72. The van der Waals surface area contributed by atoms with Crippen molar-refractivity contribution in [2.24, 2.45) is 0 Å². The van der Waals surface area contributed by atoms with Gasteiger partial charge < -0.3 is 10.9 Å². The molecule has 0 radical (unpaired) electrons. The number of hydrogen-bond acceptors (Lipinski definition) is 5. The molecule has 0 aliphatic carbocycles. The van der Waals surface area contributed by atoms with Crippen LogP contribution in [0.1, 0.15) is 15.3 Å². The summed E-state index contributed by atoms with van der Waals surface area (Å²) >= 11 is 0. The molecule has 0 atom stereocenters.